The van der Waals surface area contributed by atoms with E-state index in [2.05, 4.69) is 5.32 Å². The van der Waals surface area contributed by atoms with Crippen LogP contribution in [0.5, 0.6) is 0 Å². The van der Waals surface area contributed by atoms with Gasteiger partial charge in [-0.15, -0.1) is 0 Å². The molecule has 106 valence electrons. The molecule has 1 fully saturated rings. The van der Waals surface area contributed by atoms with Crippen LogP contribution >= 0.6 is 0 Å². The first-order chi connectivity index (χ1) is 9.47. The lowest BCUT2D eigenvalue weighted by atomic mass is 10.1. The summed E-state index contributed by atoms with van der Waals surface area (Å²) >= 11 is 0. The van der Waals surface area contributed by atoms with Gasteiger partial charge in [-0.2, -0.15) is 0 Å². The first-order valence-electron chi connectivity index (χ1n) is 5.93. The Morgan fingerprint density at radius 2 is 1.85 bits per heavy atom. The SMILES string of the molecule is C/C=C/C=C/C=C/C(O)=C1\C(=O)N[C@@H](CC(=O)O)C1=O. The number of allylic oxidation sites excluding steroid dienone is 6. The number of ketones is 1. The molecule has 0 saturated carbocycles. The summed E-state index contributed by atoms with van der Waals surface area (Å²) in [5.74, 6) is -3.16. The van der Waals surface area contributed by atoms with E-state index in [1.54, 1.807) is 18.2 Å². The summed E-state index contributed by atoms with van der Waals surface area (Å²) in [4.78, 5) is 33.9. The highest BCUT2D eigenvalue weighted by molar-refractivity contribution is 6.27. The number of hydrogen-bond acceptors (Lipinski definition) is 4. The van der Waals surface area contributed by atoms with Crippen LogP contribution in [-0.4, -0.2) is 33.9 Å². The molecule has 20 heavy (non-hydrogen) atoms. The summed E-state index contributed by atoms with van der Waals surface area (Å²) in [6.07, 6.45) is 9.06. The molecular formula is C14H15NO5. The summed E-state index contributed by atoms with van der Waals surface area (Å²) in [5, 5.41) is 20.6. The third-order valence-electron chi connectivity index (χ3n) is 2.51. The summed E-state index contributed by atoms with van der Waals surface area (Å²) in [5.41, 5.74) is -0.410. The van der Waals surface area contributed by atoms with Crippen molar-refractivity contribution in [2.24, 2.45) is 0 Å². The van der Waals surface area contributed by atoms with Gasteiger partial charge in [-0.1, -0.05) is 30.4 Å². The van der Waals surface area contributed by atoms with Crippen molar-refractivity contribution in [2.75, 3.05) is 0 Å². The molecule has 0 aromatic heterocycles. The van der Waals surface area contributed by atoms with Crippen molar-refractivity contribution >= 4 is 17.7 Å². The lowest BCUT2D eigenvalue weighted by Crippen LogP contribution is -2.31. The number of carbonyl (C=O) groups is 3. The van der Waals surface area contributed by atoms with Crippen molar-refractivity contribution in [1.29, 1.82) is 0 Å². The van der Waals surface area contributed by atoms with E-state index < -0.39 is 41.5 Å². The Bertz CT molecular complexity index is 540. The number of carboxylic acid groups (broad SMARTS) is 1. The number of nitrogens with one attached hydrogen (secondary N) is 1. The Labute approximate surface area is 115 Å². The predicted octanol–water partition coefficient (Wildman–Crippen LogP) is 1.03. The minimum Gasteiger partial charge on any atom is -0.507 e. The molecule has 3 N–H and O–H groups in total. The third-order valence-corrected chi connectivity index (χ3v) is 2.51. The number of hydrogen-bond donors (Lipinski definition) is 3. The van der Waals surface area contributed by atoms with Crippen LogP contribution in [0.4, 0.5) is 0 Å². The summed E-state index contributed by atoms with van der Waals surface area (Å²) in [7, 11) is 0. The number of carbonyl (C=O) groups excluding carboxylic acids is 2. The fraction of sp³-hybridized carbons (Fsp3) is 0.214. The Hall–Kier alpha value is -2.63. The number of rotatable bonds is 5. The average Bonchev–Trinajstić information content (AvgIpc) is 2.63. The maximum Gasteiger partial charge on any atom is 0.305 e. The molecule has 0 bridgehead atoms. The molecule has 1 aliphatic heterocycles. The van der Waals surface area contributed by atoms with E-state index >= 15 is 0 Å². The van der Waals surface area contributed by atoms with Crippen LogP contribution in [0, 0.1) is 0 Å². The van der Waals surface area contributed by atoms with E-state index in [4.69, 9.17) is 5.11 Å². The summed E-state index contributed by atoms with van der Waals surface area (Å²) in [6, 6.07) is -1.12. The van der Waals surface area contributed by atoms with E-state index in [0.717, 1.165) is 0 Å². The number of carboxylic acids is 1. The maximum atomic E-state index is 11.8. The maximum absolute atomic E-state index is 11.8. The standard InChI is InChI=1S/C14H15NO5/c1-2-3-4-5-6-7-10(16)12-13(19)9(8-11(17)18)15-14(12)20/h2-7,9,16H,8H2,1H3,(H,15,20)(H,17,18)/b3-2+,5-4+,7-6+,12-10+/t9-/m0/s1. The Morgan fingerprint density at radius 1 is 1.20 bits per heavy atom. The van der Waals surface area contributed by atoms with Crippen LogP contribution in [0.1, 0.15) is 13.3 Å². The number of amides is 1. The molecule has 1 rings (SSSR count). The van der Waals surface area contributed by atoms with Gasteiger partial charge in [0, 0.05) is 0 Å². The van der Waals surface area contributed by atoms with Crippen molar-refractivity contribution in [2.45, 2.75) is 19.4 Å². The first kappa shape index (κ1) is 15.4. The Balaban J connectivity index is 2.87. The first-order valence-corrected chi connectivity index (χ1v) is 5.93. The van der Waals surface area contributed by atoms with Gasteiger partial charge in [-0.05, 0) is 13.0 Å². The average molecular weight is 277 g/mol. The molecule has 1 aliphatic rings. The summed E-state index contributed by atoms with van der Waals surface area (Å²) < 4.78 is 0. The van der Waals surface area contributed by atoms with Gasteiger partial charge in [0.05, 0.1) is 6.42 Å². The van der Waals surface area contributed by atoms with Gasteiger partial charge in [-0.3, -0.25) is 14.4 Å². The van der Waals surface area contributed by atoms with Crippen LogP contribution in [0.2, 0.25) is 0 Å². The van der Waals surface area contributed by atoms with Crippen LogP contribution in [0.3, 0.4) is 0 Å². The van der Waals surface area contributed by atoms with Crippen LogP contribution in [0.25, 0.3) is 0 Å². The van der Waals surface area contributed by atoms with Crippen molar-refractivity contribution in [3.05, 3.63) is 47.8 Å². The summed E-state index contributed by atoms with van der Waals surface area (Å²) in [6.45, 7) is 1.84. The van der Waals surface area contributed by atoms with Crippen LogP contribution in [0.15, 0.2) is 47.8 Å². The zero-order valence-electron chi connectivity index (χ0n) is 10.9. The molecule has 0 spiro atoms. The minimum absolute atomic E-state index is 0.410. The highest BCUT2D eigenvalue weighted by Gasteiger charge is 2.38. The van der Waals surface area contributed by atoms with Crippen LogP contribution in [-0.2, 0) is 14.4 Å². The molecule has 6 nitrogen and oxygen atoms in total. The second kappa shape index (κ2) is 7.08. The third kappa shape index (κ3) is 3.94. The lowest BCUT2D eigenvalue weighted by molar-refractivity contribution is -0.138. The van der Waals surface area contributed by atoms with Gasteiger partial charge < -0.3 is 15.5 Å². The zero-order chi connectivity index (χ0) is 15.1. The molecule has 1 atom stereocenters. The monoisotopic (exact) mass is 277 g/mol. The Kier molecular flexibility index (Phi) is 5.46. The van der Waals surface area contributed by atoms with Gasteiger partial charge in [0.2, 0.25) is 0 Å². The van der Waals surface area contributed by atoms with E-state index in [1.807, 2.05) is 13.0 Å². The minimum atomic E-state index is -1.20. The second-order valence-corrected chi connectivity index (χ2v) is 4.02. The van der Waals surface area contributed by atoms with Gasteiger partial charge in [-0.25, -0.2) is 0 Å². The smallest absolute Gasteiger partial charge is 0.305 e. The van der Waals surface area contributed by atoms with Gasteiger partial charge in [0.15, 0.2) is 5.78 Å². The molecule has 1 saturated heterocycles. The molecule has 0 radical (unpaired) electrons. The number of aliphatic hydroxyl groups excluding tert-OH is 1. The van der Waals surface area contributed by atoms with Gasteiger partial charge in [0.1, 0.15) is 17.4 Å². The topological polar surface area (TPSA) is 104 Å². The largest absolute Gasteiger partial charge is 0.507 e. The second-order valence-electron chi connectivity index (χ2n) is 4.02. The molecule has 6 heteroatoms. The Morgan fingerprint density at radius 3 is 2.45 bits per heavy atom. The van der Waals surface area contributed by atoms with Crippen molar-refractivity contribution in [1.82, 2.24) is 5.32 Å². The predicted molar refractivity (Wildman–Crippen MR) is 71.9 cm³/mol. The molecule has 0 aliphatic carbocycles. The number of aliphatic carboxylic acids is 1. The fourth-order valence-corrected chi connectivity index (χ4v) is 1.61. The highest BCUT2D eigenvalue weighted by Crippen LogP contribution is 2.16. The highest BCUT2D eigenvalue weighted by atomic mass is 16.4. The van der Waals surface area contributed by atoms with E-state index in [1.165, 1.54) is 12.2 Å². The molecule has 0 aromatic rings. The number of aliphatic hydroxyl groups is 1. The normalized spacial score (nSPS) is 22.1. The number of Topliss-reactive ketones (excluding diaryl/α,β-unsaturated/α-hetero) is 1. The van der Waals surface area contributed by atoms with Crippen LogP contribution < -0.4 is 5.32 Å². The van der Waals surface area contributed by atoms with Crippen molar-refractivity contribution in [3.63, 3.8) is 0 Å². The van der Waals surface area contributed by atoms with Gasteiger partial charge >= 0.3 is 5.97 Å². The van der Waals surface area contributed by atoms with Crippen molar-refractivity contribution < 1.29 is 24.6 Å². The molecular weight excluding hydrogens is 262 g/mol. The van der Waals surface area contributed by atoms with E-state index in [0.29, 0.717) is 0 Å². The lowest BCUT2D eigenvalue weighted by Gasteiger charge is -2.02. The van der Waals surface area contributed by atoms with E-state index in [-0.39, 0.29) is 0 Å². The molecule has 0 unspecified atom stereocenters. The van der Waals surface area contributed by atoms with E-state index in [9.17, 15) is 19.5 Å². The molecule has 1 heterocycles. The van der Waals surface area contributed by atoms with Crippen molar-refractivity contribution in [3.8, 4) is 0 Å². The molecule has 1 amide bonds. The zero-order valence-corrected chi connectivity index (χ0v) is 10.9. The van der Waals surface area contributed by atoms with Gasteiger partial charge in [0.25, 0.3) is 5.91 Å². The fourth-order valence-electron chi connectivity index (χ4n) is 1.61. The quantitative estimate of drug-likeness (QED) is 0.301. The molecule has 0 aromatic carbocycles.